The molecule has 6 aliphatic rings. The predicted molar refractivity (Wildman–Crippen MR) is 147 cm³/mol. The Morgan fingerprint density at radius 3 is 2.54 bits per heavy atom. The molecule has 2 aliphatic heterocycles. The molecule has 0 aromatic rings. The largest absolute Gasteiger partial charge is 0.459 e. The molecule has 0 spiro atoms. The molecule has 2 N–H and O–H groups in total. The third-order valence-corrected chi connectivity index (χ3v) is 12.5. The van der Waals surface area contributed by atoms with Crippen LogP contribution in [0.15, 0.2) is 11.6 Å². The molecule has 9 nitrogen and oxygen atoms in total. The molecule has 230 valence electrons. The first kappa shape index (κ1) is 29.5. The minimum atomic E-state index is -1.16. The first-order chi connectivity index (χ1) is 19.4. The van der Waals surface area contributed by atoms with Crippen molar-refractivity contribution in [2.75, 3.05) is 13.7 Å². The Kier molecular flexibility index (Phi) is 7.62. The van der Waals surface area contributed by atoms with Crippen LogP contribution < -0.4 is 0 Å². The van der Waals surface area contributed by atoms with E-state index in [2.05, 4.69) is 13.8 Å². The lowest BCUT2D eigenvalue weighted by atomic mass is 9.43. The summed E-state index contributed by atoms with van der Waals surface area (Å²) in [6, 6.07) is 0. The first-order valence-electron chi connectivity index (χ1n) is 15.7. The normalized spacial score (nSPS) is 51.2. The van der Waals surface area contributed by atoms with Gasteiger partial charge in [0.15, 0.2) is 6.29 Å². The van der Waals surface area contributed by atoms with Crippen molar-refractivity contribution in [2.24, 2.45) is 34.5 Å². The Labute approximate surface area is 243 Å². The average Bonchev–Trinajstić information content (AvgIpc) is 3.44. The smallest absolute Gasteiger partial charge is 0.331 e. The van der Waals surface area contributed by atoms with Gasteiger partial charge in [0, 0.05) is 31.9 Å². The number of carbonyl (C=O) groups excluding carboxylic acids is 2. The molecule has 0 radical (unpaired) electrons. The second kappa shape index (κ2) is 10.6. The Balaban J connectivity index is 1.21. The number of aliphatic hydroxyl groups is 2. The van der Waals surface area contributed by atoms with Crippen molar-refractivity contribution in [2.45, 2.75) is 128 Å². The van der Waals surface area contributed by atoms with Gasteiger partial charge in [0.25, 0.3) is 0 Å². The fourth-order valence-corrected chi connectivity index (χ4v) is 10.4. The standard InChI is InChI=1S/C32H48O9/c1-17-29(35)25(37-5)15-28(39-17)41-21-8-10-30(3)20(13-21)6-7-23-22(30)9-11-31(4)24(19-12-27(34)38-16-19)14-26(32(23,31)36)40-18(2)33/h12,17,20-26,28-29,35-36H,6-11,13-16H2,1-5H3/t17-,20?,21?,22?,23?,24?,25-,26?,28-,29-,30?,31?,32?/m0/s1. The zero-order valence-corrected chi connectivity index (χ0v) is 25.2. The summed E-state index contributed by atoms with van der Waals surface area (Å²) in [6.45, 7) is 8.09. The Hall–Kier alpha value is -1.52. The van der Waals surface area contributed by atoms with E-state index >= 15 is 0 Å². The van der Waals surface area contributed by atoms with Crippen molar-refractivity contribution >= 4 is 11.9 Å². The van der Waals surface area contributed by atoms with E-state index < -0.39 is 23.2 Å². The van der Waals surface area contributed by atoms with Gasteiger partial charge in [-0.25, -0.2) is 4.79 Å². The summed E-state index contributed by atoms with van der Waals surface area (Å²) in [6.07, 6.45) is 6.97. The summed E-state index contributed by atoms with van der Waals surface area (Å²) in [5, 5.41) is 23.2. The number of fused-ring (bicyclic) bond motifs is 5. The van der Waals surface area contributed by atoms with Gasteiger partial charge in [-0.2, -0.15) is 0 Å². The molecule has 2 heterocycles. The average molecular weight is 577 g/mol. The van der Waals surface area contributed by atoms with Gasteiger partial charge in [-0.3, -0.25) is 4.79 Å². The van der Waals surface area contributed by atoms with Crippen molar-refractivity contribution in [3.63, 3.8) is 0 Å². The lowest BCUT2D eigenvalue weighted by molar-refractivity contribution is -0.275. The molecule has 0 bridgehead atoms. The Morgan fingerprint density at radius 1 is 1.07 bits per heavy atom. The van der Waals surface area contributed by atoms with Crippen LogP contribution in [0.3, 0.4) is 0 Å². The van der Waals surface area contributed by atoms with Crippen LogP contribution in [-0.4, -0.2) is 78.3 Å². The number of ether oxygens (including phenoxy) is 5. The van der Waals surface area contributed by atoms with Gasteiger partial charge in [0.05, 0.1) is 18.3 Å². The first-order valence-corrected chi connectivity index (χ1v) is 15.7. The molecule has 6 rings (SSSR count). The monoisotopic (exact) mass is 576 g/mol. The maximum atomic E-state index is 12.8. The molecule has 0 aromatic carbocycles. The Bertz CT molecular complexity index is 1080. The predicted octanol–water partition coefficient (Wildman–Crippen LogP) is 3.68. The highest BCUT2D eigenvalue weighted by Crippen LogP contribution is 2.70. The molecule has 9 unspecified atom stereocenters. The van der Waals surface area contributed by atoms with E-state index in [1.54, 1.807) is 13.2 Å². The van der Waals surface area contributed by atoms with Crippen molar-refractivity contribution < 1.29 is 43.5 Å². The van der Waals surface area contributed by atoms with Gasteiger partial charge >= 0.3 is 11.9 Å². The summed E-state index contributed by atoms with van der Waals surface area (Å²) >= 11 is 0. The number of methoxy groups -OCH3 is 1. The number of esters is 2. The lowest BCUT2D eigenvalue weighted by Gasteiger charge is -2.64. The minimum absolute atomic E-state index is 0.0133. The van der Waals surface area contributed by atoms with Crippen LogP contribution >= 0.6 is 0 Å². The number of aliphatic hydroxyl groups excluding tert-OH is 1. The van der Waals surface area contributed by atoms with Crippen LogP contribution in [0.4, 0.5) is 0 Å². The lowest BCUT2D eigenvalue weighted by Crippen LogP contribution is -2.66. The van der Waals surface area contributed by atoms with Crippen molar-refractivity contribution in [3.8, 4) is 0 Å². The summed E-state index contributed by atoms with van der Waals surface area (Å²) in [5.74, 6) is 0.0254. The fraction of sp³-hybridized carbons (Fsp3) is 0.875. The molecule has 41 heavy (non-hydrogen) atoms. The zero-order valence-electron chi connectivity index (χ0n) is 25.2. The fourth-order valence-electron chi connectivity index (χ4n) is 10.4. The number of rotatable bonds is 5. The van der Waals surface area contributed by atoms with Crippen LogP contribution in [-0.2, 0) is 33.3 Å². The van der Waals surface area contributed by atoms with E-state index in [1.807, 2.05) is 6.92 Å². The van der Waals surface area contributed by atoms with E-state index in [9.17, 15) is 19.8 Å². The van der Waals surface area contributed by atoms with E-state index in [1.165, 1.54) is 6.92 Å². The van der Waals surface area contributed by atoms with Gasteiger partial charge in [-0.15, -0.1) is 0 Å². The molecule has 13 atom stereocenters. The molecule has 4 saturated carbocycles. The van der Waals surface area contributed by atoms with Gasteiger partial charge < -0.3 is 33.9 Å². The molecule has 9 heteroatoms. The highest BCUT2D eigenvalue weighted by Gasteiger charge is 2.72. The molecular weight excluding hydrogens is 528 g/mol. The second-order valence-corrected chi connectivity index (χ2v) is 14.3. The van der Waals surface area contributed by atoms with E-state index in [0.29, 0.717) is 24.7 Å². The van der Waals surface area contributed by atoms with Gasteiger partial charge in [-0.1, -0.05) is 13.8 Å². The quantitative estimate of drug-likeness (QED) is 0.373. The van der Waals surface area contributed by atoms with Crippen LogP contribution in [0.5, 0.6) is 0 Å². The van der Waals surface area contributed by atoms with E-state index in [0.717, 1.165) is 50.5 Å². The topological polar surface area (TPSA) is 121 Å². The summed E-state index contributed by atoms with van der Waals surface area (Å²) in [5.41, 5.74) is -0.697. The molecular formula is C32H48O9. The number of cyclic esters (lactones) is 1. The number of hydrogen-bond donors (Lipinski definition) is 2. The molecule has 0 aromatic heterocycles. The van der Waals surface area contributed by atoms with E-state index in [4.69, 9.17) is 23.7 Å². The highest BCUT2D eigenvalue weighted by atomic mass is 16.7. The maximum absolute atomic E-state index is 12.8. The number of carbonyl (C=O) groups is 2. The minimum Gasteiger partial charge on any atom is -0.459 e. The summed E-state index contributed by atoms with van der Waals surface area (Å²) in [7, 11) is 1.62. The molecule has 1 saturated heterocycles. The van der Waals surface area contributed by atoms with Crippen LogP contribution in [0.1, 0.15) is 85.5 Å². The van der Waals surface area contributed by atoms with Crippen molar-refractivity contribution in [1.29, 1.82) is 0 Å². The SMILES string of the molecule is CO[C@H]1C[C@H](OC2CCC3(C)C(CCC4C3CCC3(C)C(C5=CC(=O)OC5)CC(OC(C)=O)C43O)C2)O[C@@H](C)[C@@H]1O. The van der Waals surface area contributed by atoms with Crippen LogP contribution in [0, 0.1) is 34.5 Å². The molecule has 4 aliphatic carbocycles. The van der Waals surface area contributed by atoms with E-state index in [-0.39, 0.29) is 60.4 Å². The zero-order chi connectivity index (χ0) is 29.3. The third kappa shape index (κ3) is 4.60. The third-order valence-electron chi connectivity index (χ3n) is 12.5. The van der Waals surface area contributed by atoms with Gasteiger partial charge in [0.2, 0.25) is 0 Å². The second-order valence-electron chi connectivity index (χ2n) is 14.3. The van der Waals surface area contributed by atoms with Gasteiger partial charge in [-0.05, 0) is 93.0 Å². The summed E-state index contributed by atoms with van der Waals surface area (Å²) in [4.78, 5) is 24.2. The van der Waals surface area contributed by atoms with Crippen molar-refractivity contribution in [3.05, 3.63) is 11.6 Å². The molecule has 5 fully saturated rings. The van der Waals surface area contributed by atoms with Gasteiger partial charge in [0.1, 0.15) is 24.4 Å². The highest BCUT2D eigenvalue weighted by molar-refractivity contribution is 5.85. The van der Waals surface area contributed by atoms with Crippen molar-refractivity contribution in [1.82, 2.24) is 0 Å². The van der Waals surface area contributed by atoms with Crippen LogP contribution in [0.25, 0.3) is 0 Å². The summed E-state index contributed by atoms with van der Waals surface area (Å²) < 4.78 is 29.2. The Morgan fingerprint density at radius 2 is 1.85 bits per heavy atom. The van der Waals surface area contributed by atoms with Crippen LogP contribution in [0.2, 0.25) is 0 Å². The number of hydrogen-bond acceptors (Lipinski definition) is 9. The molecule has 0 amide bonds. The maximum Gasteiger partial charge on any atom is 0.331 e.